The molecule has 1 fully saturated rings. The highest BCUT2D eigenvalue weighted by Crippen LogP contribution is 2.47. The predicted octanol–water partition coefficient (Wildman–Crippen LogP) is 2.40. The number of esters is 1. The van der Waals surface area contributed by atoms with Gasteiger partial charge in [0.1, 0.15) is 18.5 Å². The van der Waals surface area contributed by atoms with E-state index in [-0.39, 0.29) is 48.0 Å². The third-order valence-corrected chi connectivity index (χ3v) is 8.84. The highest BCUT2D eigenvalue weighted by molar-refractivity contribution is 5.94. The monoisotopic (exact) mass is 533 g/mol. The molecule has 3 aromatic rings. The van der Waals surface area contributed by atoms with Gasteiger partial charge in [0.15, 0.2) is 5.60 Å². The summed E-state index contributed by atoms with van der Waals surface area (Å²) in [5, 5.41) is 25.1. The van der Waals surface area contributed by atoms with Crippen LogP contribution in [0, 0.1) is 18.7 Å². The van der Waals surface area contributed by atoms with Gasteiger partial charge in [-0.1, -0.05) is 12.8 Å². The molecule has 0 bridgehead atoms. The quantitative estimate of drug-likeness (QED) is 0.344. The van der Waals surface area contributed by atoms with Gasteiger partial charge in [-0.2, -0.15) is 0 Å². The highest BCUT2D eigenvalue weighted by Gasteiger charge is 2.49. The van der Waals surface area contributed by atoms with Crippen LogP contribution in [0.15, 0.2) is 16.9 Å². The third-order valence-electron chi connectivity index (χ3n) is 8.84. The summed E-state index contributed by atoms with van der Waals surface area (Å²) in [5.41, 5.74) is 2.33. The lowest BCUT2D eigenvalue weighted by Gasteiger charge is -2.32. The first-order chi connectivity index (χ1) is 18.6. The minimum atomic E-state index is -1.92. The van der Waals surface area contributed by atoms with Gasteiger partial charge in [0, 0.05) is 22.6 Å². The maximum absolute atomic E-state index is 15.0. The van der Waals surface area contributed by atoms with Crippen LogP contribution in [0.5, 0.6) is 0 Å². The van der Waals surface area contributed by atoms with Gasteiger partial charge in [-0.05, 0) is 61.8 Å². The number of aliphatic hydroxyl groups is 2. The normalized spacial score (nSPS) is 23.6. The molecule has 3 atom stereocenters. The molecular formula is C29H28FN3O6. The SMILES string of the molecule is Cc1c(F)cc2nc3c(c4c2c1CC[C@H]4NC(=O)[C@H](C)O)Cn1c-3cc2c(c1=O)COC(=O)[C@]2(O)CC1CC1. The van der Waals surface area contributed by atoms with Crippen molar-refractivity contribution < 1.29 is 28.9 Å². The van der Waals surface area contributed by atoms with E-state index >= 15 is 0 Å². The molecule has 1 amide bonds. The van der Waals surface area contributed by atoms with Gasteiger partial charge in [0.05, 0.1) is 35.1 Å². The molecule has 0 saturated heterocycles. The molecule has 2 aliphatic heterocycles. The Balaban J connectivity index is 1.48. The van der Waals surface area contributed by atoms with Crippen molar-refractivity contribution in [3.05, 3.63) is 61.7 Å². The number of aryl methyl sites for hydroxylation is 1. The molecule has 7 rings (SSSR count). The fraction of sp³-hybridized carbons (Fsp3) is 0.448. The van der Waals surface area contributed by atoms with E-state index in [4.69, 9.17) is 9.72 Å². The number of hydrogen-bond donors (Lipinski definition) is 3. The molecular weight excluding hydrogens is 505 g/mol. The first-order valence-electron chi connectivity index (χ1n) is 13.4. The van der Waals surface area contributed by atoms with Gasteiger partial charge < -0.3 is 24.8 Å². The van der Waals surface area contributed by atoms with Crippen LogP contribution in [0.25, 0.3) is 22.3 Å². The van der Waals surface area contributed by atoms with E-state index in [0.29, 0.717) is 35.3 Å². The summed E-state index contributed by atoms with van der Waals surface area (Å²) in [5.74, 6) is -1.48. The number of nitrogens with one attached hydrogen (secondary N) is 1. The second-order valence-corrected chi connectivity index (χ2v) is 11.4. The average molecular weight is 534 g/mol. The summed E-state index contributed by atoms with van der Waals surface area (Å²) in [6, 6.07) is 2.56. The van der Waals surface area contributed by atoms with Crippen molar-refractivity contribution in [2.24, 2.45) is 5.92 Å². The van der Waals surface area contributed by atoms with Crippen LogP contribution in [0.2, 0.25) is 0 Å². The summed E-state index contributed by atoms with van der Waals surface area (Å²) in [4.78, 5) is 43.9. The lowest BCUT2D eigenvalue weighted by molar-refractivity contribution is -0.173. The Bertz CT molecular complexity index is 1690. The molecule has 4 aliphatic rings. The Labute approximate surface area is 222 Å². The maximum Gasteiger partial charge on any atom is 0.343 e. The van der Waals surface area contributed by atoms with Crippen molar-refractivity contribution in [1.82, 2.24) is 14.9 Å². The number of ether oxygens (including phenoxy) is 1. The Morgan fingerprint density at radius 2 is 2.03 bits per heavy atom. The zero-order chi connectivity index (χ0) is 27.4. The molecule has 10 heteroatoms. The number of benzene rings is 1. The number of carbonyl (C=O) groups is 2. The summed E-state index contributed by atoms with van der Waals surface area (Å²) in [6.45, 7) is 3.06. The van der Waals surface area contributed by atoms with Crippen LogP contribution < -0.4 is 10.9 Å². The van der Waals surface area contributed by atoms with Gasteiger partial charge in [-0.3, -0.25) is 9.59 Å². The number of pyridine rings is 2. The molecule has 0 radical (unpaired) electrons. The van der Waals surface area contributed by atoms with E-state index in [1.807, 2.05) is 0 Å². The van der Waals surface area contributed by atoms with Crippen LogP contribution in [0.1, 0.15) is 72.0 Å². The lowest BCUT2D eigenvalue weighted by atomic mass is 9.81. The molecule has 3 N–H and O–H groups in total. The molecule has 0 spiro atoms. The first kappa shape index (κ1) is 24.4. The van der Waals surface area contributed by atoms with Gasteiger partial charge in [0.2, 0.25) is 5.91 Å². The summed E-state index contributed by atoms with van der Waals surface area (Å²) >= 11 is 0. The number of cyclic esters (lactones) is 1. The van der Waals surface area contributed by atoms with Crippen LogP contribution in [0.4, 0.5) is 4.39 Å². The number of rotatable bonds is 4. The van der Waals surface area contributed by atoms with Crippen molar-refractivity contribution in [2.75, 3.05) is 0 Å². The smallest absolute Gasteiger partial charge is 0.343 e. The molecule has 202 valence electrons. The molecule has 0 unspecified atom stereocenters. The van der Waals surface area contributed by atoms with Crippen molar-refractivity contribution in [1.29, 1.82) is 0 Å². The number of amides is 1. The van der Waals surface area contributed by atoms with Crippen LogP contribution >= 0.6 is 0 Å². The number of hydrogen-bond acceptors (Lipinski definition) is 7. The molecule has 1 saturated carbocycles. The topological polar surface area (TPSA) is 131 Å². The second-order valence-electron chi connectivity index (χ2n) is 11.4. The number of carbonyl (C=O) groups excluding carboxylic acids is 2. The lowest BCUT2D eigenvalue weighted by Crippen LogP contribution is -2.45. The summed E-state index contributed by atoms with van der Waals surface area (Å²) in [7, 11) is 0. The molecule has 9 nitrogen and oxygen atoms in total. The molecule has 1 aromatic carbocycles. The molecule has 2 aliphatic carbocycles. The van der Waals surface area contributed by atoms with Gasteiger partial charge in [-0.15, -0.1) is 0 Å². The molecule has 39 heavy (non-hydrogen) atoms. The van der Waals surface area contributed by atoms with Crippen LogP contribution in [0.3, 0.4) is 0 Å². The van der Waals surface area contributed by atoms with E-state index in [1.54, 1.807) is 17.6 Å². The van der Waals surface area contributed by atoms with Crippen LogP contribution in [-0.2, 0) is 39.5 Å². The Kier molecular flexibility index (Phi) is 5.13. The minimum Gasteiger partial charge on any atom is -0.458 e. The Morgan fingerprint density at radius 1 is 1.26 bits per heavy atom. The van der Waals surface area contributed by atoms with Gasteiger partial charge >= 0.3 is 5.97 Å². The summed E-state index contributed by atoms with van der Waals surface area (Å²) < 4.78 is 21.8. The zero-order valence-electron chi connectivity index (χ0n) is 21.6. The number of nitrogens with zero attached hydrogens (tertiary/aromatic N) is 2. The van der Waals surface area contributed by atoms with E-state index < -0.39 is 29.6 Å². The maximum atomic E-state index is 15.0. The Morgan fingerprint density at radius 3 is 2.74 bits per heavy atom. The predicted molar refractivity (Wildman–Crippen MR) is 137 cm³/mol. The standard InChI is InChI=1S/C29H28FN3O6/c1-12-15-5-6-20(32-26(35)13(2)34)24-16-10-33-22(25(16)31-21(23(15)24)8-19(12)30)7-18-17(27(33)36)11-39-28(37)29(18,38)9-14-3-4-14/h7-8,13-14,20,34,38H,3-6,9-11H2,1-2H3,(H,32,35)/t13-,20+,29-/m0/s1. The van der Waals surface area contributed by atoms with Crippen molar-refractivity contribution in [3.63, 3.8) is 0 Å². The highest BCUT2D eigenvalue weighted by atomic mass is 19.1. The van der Waals surface area contributed by atoms with Crippen molar-refractivity contribution in [3.8, 4) is 11.4 Å². The number of aromatic nitrogens is 2. The van der Waals surface area contributed by atoms with E-state index in [1.165, 1.54) is 13.0 Å². The van der Waals surface area contributed by atoms with Crippen LogP contribution in [-0.4, -0.2) is 37.7 Å². The molecule has 2 aromatic heterocycles. The number of aliphatic hydroxyl groups excluding tert-OH is 1. The van der Waals surface area contributed by atoms with Crippen molar-refractivity contribution >= 4 is 22.8 Å². The van der Waals surface area contributed by atoms with Gasteiger partial charge in [0.25, 0.3) is 5.56 Å². The van der Waals surface area contributed by atoms with E-state index in [9.17, 15) is 29.0 Å². The average Bonchev–Trinajstić information content (AvgIpc) is 3.63. The fourth-order valence-corrected chi connectivity index (χ4v) is 6.59. The number of halogens is 1. The molecule has 4 heterocycles. The Hall–Kier alpha value is -3.63. The van der Waals surface area contributed by atoms with E-state index in [2.05, 4.69) is 5.32 Å². The van der Waals surface area contributed by atoms with Gasteiger partial charge in [-0.25, -0.2) is 14.2 Å². The van der Waals surface area contributed by atoms with E-state index in [0.717, 1.165) is 34.9 Å². The summed E-state index contributed by atoms with van der Waals surface area (Å²) in [6.07, 6.45) is 1.80. The number of fused-ring (bicyclic) bond motifs is 5. The second kappa shape index (κ2) is 8.19. The third kappa shape index (κ3) is 3.44. The fourth-order valence-electron chi connectivity index (χ4n) is 6.59. The zero-order valence-corrected chi connectivity index (χ0v) is 21.6. The first-order valence-corrected chi connectivity index (χ1v) is 13.4. The van der Waals surface area contributed by atoms with Crippen molar-refractivity contribution in [2.45, 2.75) is 76.9 Å². The minimum absolute atomic E-state index is 0.168. The largest absolute Gasteiger partial charge is 0.458 e.